The zero-order valence-electron chi connectivity index (χ0n) is 15.9. The summed E-state index contributed by atoms with van der Waals surface area (Å²) >= 11 is 0. The Morgan fingerprint density at radius 1 is 1.12 bits per heavy atom. The van der Waals surface area contributed by atoms with E-state index in [0.29, 0.717) is 11.4 Å². The maximum absolute atomic E-state index is 12.7. The highest BCUT2D eigenvalue weighted by molar-refractivity contribution is 7.92. The standard InChI is InChI=1S/C20H26N2O3S/c1-6-17-10-12-18(13-11-17)22(26(5,24)25)16(4)20(23)21-19-9-7-8-14(2)15(19)3/h7-13,16H,6H2,1-5H3,(H,21,23). The largest absolute Gasteiger partial charge is 0.324 e. The second-order valence-electron chi connectivity index (χ2n) is 6.49. The predicted octanol–water partition coefficient (Wildman–Crippen LogP) is 3.66. The van der Waals surface area contributed by atoms with Crippen LogP contribution >= 0.6 is 0 Å². The Morgan fingerprint density at radius 3 is 2.27 bits per heavy atom. The minimum Gasteiger partial charge on any atom is -0.324 e. The van der Waals surface area contributed by atoms with Crippen LogP contribution in [0.2, 0.25) is 0 Å². The van der Waals surface area contributed by atoms with Crippen LogP contribution in [0.1, 0.15) is 30.5 Å². The molecule has 0 spiro atoms. The van der Waals surface area contributed by atoms with E-state index in [0.717, 1.165) is 33.7 Å². The van der Waals surface area contributed by atoms with Gasteiger partial charge in [0.25, 0.3) is 0 Å². The Hall–Kier alpha value is -2.34. The predicted molar refractivity (Wildman–Crippen MR) is 107 cm³/mol. The third-order valence-corrected chi connectivity index (χ3v) is 5.79. The highest BCUT2D eigenvalue weighted by Gasteiger charge is 2.29. The molecule has 0 fully saturated rings. The first-order valence-corrected chi connectivity index (χ1v) is 10.5. The van der Waals surface area contributed by atoms with Crippen LogP contribution in [0, 0.1) is 13.8 Å². The number of hydrogen-bond donors (Lipinski definition) is 1. The molecule has 6 heteroatoms. The van der Waals surface area contributed by atoms with Crippen LogP contribution in [0.25, 0.3) is 0 Å². The Kier molecular flexibility index (Phi) is 6.08. The van der Waals surface area contributed by atoms with Crippen molar-refractivity contribution in [1.29, 1.82) is 0 Å². The van der Waals surface area contributed by atoms with E-state index in [1.807, 2.05) is 51.1 Å². The molecule has 140 valence electrons. The molecular weight excluding hydrogens is 348 g/mol. The second-order valence-corrected chi connectivity index (χ2v) is 8.35. The van der Waals surface area contributed by atoms with E-state index in [4.69, 9.17) is 0 Å². The summed E-state index contributed by atoms with van der Waals surface area (Å²) in [5, 5.41) is 2.85. The van der Waals surface area contributed by atoms with Crippen LogP contribution in [0.15, 0.2) is 42.5 Å². The van der Waals surface area contributed by atoms with Crippen molar-refractivity contribution >= 4 is 27.3 Å². The first-order valence-electron chi connectivity index (χ1n) is 8.60. The fourth-order valence-electron chi connectivity index (χ4n) is 2.81. The first kappa shape index (κ1) is 20.0. The summed E-state index contributed by atoms with van der Waals surface area (Å²) < 4.78 is 25.9. The Morgan fingerprint density at radius 2 is 1.73 bits per heavy atom. The van der Waals surface area contributed by atoms with Crippen molar-refractivity contribution in [2.45, 2.75) is 40.2 Å². The van der Waals surface area contributed by atoms with Gasteiger partial charge in [-0.3, -0.25) is 9.10 Å². The van der Waals surface area contributed by atoms with Gasteiger partial charge < -0.3 is 5.32 Å². The van der Waals surface area contributed by atoms with Crippen molar-refractivity contribution < 1.29 is 13.2 Å². The number of hydrogen-bond acceptors (Lipinski definition) is 3. The molecule has 1 N–H and O–H groups in total. The fourth-order valence-corrected chi connectivity index (χ4v) is 3.99. The third-order valence-electron chi connectivity index (χ3n) is 4.55. The summed E-state index contributed by atoms with van der Waals surface area (Å²) in [5.74, 6) is -0.372. The van der Waals surface area contributed by atoms with Gasteiger partial charge in [0.2, 0.25) is 15.9 Å². The molecule has 0 saturated carbocycles. The molecule has 0 radical (unpaired) electrons. The number of aryl methyl sites for hydroxylation is 2. The highest BCUT2D eigenvalue weighted by Crippen LogP contribution is 2.23. The Bertz CT molecular complexity index is 890. The number of nitrogens with zero attached hydrogens (tertiary/aromatic N) is 1. The van der Waals surface area contributed by atoms with Gasteiger partial charge in [-0.05, 0) is 62.1 Å². The number of sulfonamides is 1. The van der Waals surface area contributed by atoms with Gasteiger partial charge in [-0.1, -0.05) is 31.2 Å². The van der Waals surface area contributed by atoms with E-state index < -0.39 is 16.1 Å². The van der Waals surface area contributed by atoms with Crippen molar-refractivity contribution in [1.82, 2.24) is 0 Å². The van der Waals surface area contributed by atoms with Crippen LogP contribution < -0.4 is 9.62 Å². The molecule has 0 heterocycles. The number of benzene rings is 2. The summed E-state index contributed by atoms with van der Waals surface area (Å²) in [5.41, 5.74) is 4.30. The number of amides is 1. The van der Waals surface area contributed by atoms with E-state index >= 15 is 0 Å². The summed E-state index contributed by atoms with van der Waals surface area (Å²) in [4.78, 5) is 12.7. The molecule has 1 atom stereocenters. The van der Waals surface area contributed by atoms with Gasteiger partial charge in [-0.25, -0.2) is 8.42 Å². The van der Waals surface area contributed by atoms with E-state index in [2.05, 4.69) is 5.32 Å². The lowest BCUT2D eigenvalue weighted by Crippen LogP contribution is -2.45. The monoisotopic (exact) mass is 374 g/mol. The maximum Gasteiger partial charge on any atom is 0.248 e. The third kappa shape index (κ3) is 4.43. The van der Waals surface area contributed by atoms with Crippen LogP contribution in [0.3, 0.4) is 0 Å². The summed E-state index contributed by atoms with van der Waals surface area (Å²) in [6, 6.07) is 12.0. The normalized spacial score (nSPS) is 12.5. The minimum atomic E-state index is -3.62. The van der Waals surface area contributed by atoms with E-state index in [9.17, 15) is 13.2 Å². The second kappa shape index (κ2) is 7.91. The fraction of sp³-hybridized carbons (Fsp3) is 0.350. The van der Waals surface area contributed by atoms with Gasteiger partial charge in [0, 0.05) is 5.69 Å². The van der Waals surface area contributed by atoms with Crippen molar-refractivity contribution in [3.63, 3.8) is 0 Å². The number of carbonyl (C=O) groups is 1. The Balaban J connectivity index is 2.32. The molecule has 0 bridgehead atoms. The van der Waals surface area contributed by atoms with E-state index in [1.54, 1.807) is 19.1 Å². The van der Waals surface area contributed by atoms with Gasteiger partial charge in [0.1, 0.15) is 6.04 Å². The average molecular weight is 375 g/mol. The number of nitrogens with one attached hydrogen (secondary N) is 1. The Labute approximate surface area is 156 Å². The molecule has 2 aromatic rings. The molecule has 2 rings (SSSR count). The van der Waals surface area contributed by atoms with Crippen LogP contribution in [0.4, 0.5) is 11.4 Å². The van der Waals surface area contributed by atoms with Gasteiger partial charge in [-0.15, -0.1) is 0 Å². The molecule has 0 aliphatic rings. The lowest BCUT2D eigenvalue weighted by Gasteiger charge is -2.28. The SMILES string of the molecule is CCc1ccc(N(C(C)C(=O)Nc2cccc(C)c2C)S(C)(=O)=O)cc1. The number of rotatable bonds is 6. The maximum atomic E-state index is 12.7. The minimum absolute atomic E-state index is 0.372. The average Bonchev–Trinajstić information content (AvgIpc) is 2.58. The van der Waals surface area contributed by atoms with Crippen molar-refractivity contribution in [2.24, 2.45) is 0 Å². The molecular formula is C20H26N2O3S. The quantitative estimate of drug-likeness (QED) is 0.839. The summed E-state index contributed by atoms with van der Waals surface area (Å²) in [6.45, 7) is 7.51. The zero-order valence-corrected chi connectivity index (χ0v) is 16.7. The van der Waals surface area contributed by atoms with Crippen LogP contribution in [0.5, 0.6) is 0 Å². The van der Waals surface area contributed by atoms with Gasteiger partial charge in [0.15, 0.2) is 0 Å². The molecule has 26 heavy (non-hydrogen) atoms. The first-order chi connectivity index (χ1) is 12.1. The lowest BCUT2D eigenvalue weighted by molar-refractivity contribution is -0.116. The topological polar surface area (TPSA) is 66.5 Å². The molecule has 0 aromatic heterocycles. The molecule has 1 unspecified atom stereocenters. The van der Waals surface area contributed by atoms with Crippen molar-refractivity contribution in [2.75, 3.05) is 15.9 Å². The summed E-state index contributed by atoms with van der Waals surface area (Å²) in [7, 11) is -3.62. The molecule has 0 aliphatic heterocycles. The van der Waals surface area contributed by atoms with Crippen LogP contribution in [-0.2, 0) is 21.2 Å². The van der Waals surface area contributed by atoms with Gasteiger partial charge >= 0.3 is 0 Å². The highest BCUT2D eigenvalue weighted by atomic mass is 32.2. The van der Waals surface area contributed by atoms with Gasteiger partial charge in [0.05, 0.1) is 11.9 Å². The lowest BCUT2D eigenvalue weighted by atomic mass is 10.1. The molecule has 0 saturated heterocycles. The van der Waals surface area contributed by atoms with Gasteiger partial charge in [-0.2, -0.15) is 0 Å². The number of carbonyl (C=O) groups excluding carboxylic acids is 1. The molecule has 5 nitrogen and oxygen atoms in total. The zero-order chi connectivity index (χ0) is 19.5. The van der Waals surface area contributed by atoms with Crippen molar-refractivity contribution in [3.05, 3.63) is 59.2 Å². The summed E-state index contributed by atoms with van der Waals surface area (Å²) in [6.07, 6.45) is 1.98. The van der Waals surface area contributed by atoms with Crippen LogP contribution in [-0.4, -0.2) is 26.6 Å². The van der Waals surface area contributed by atoms with Crippen molar-refractivity contribution in [3.8, 4) is 0 Å². The molecule has 2 aromatic carbocycles. The van der Waals surface area contributed by atoms with E-state index in [-0.39, 0.29) is 5.91 Å². The smallest absolute Gasteiger partial charge is 0.248 e. The molecule has 1 amide bonds. The number of anilines is 2. The molecule has 0 aliphatic carbocycles. The van der Waals surface area contributed by atoms with E-state index in [1.165, 1.54) is 0 Å².